The number of allylic oxidation sites excluding steroid dienone is 3. The van der Waals surface area contributed by atoms with E-state index in [1.807, 2.05) is 6.92 Å². The van der Waals surface area contributed by atoms with E-state index in [4.69, 9.17) is 14.2 Å². The molecule has 0 bridgehead atoms. The molecule has 3 aliphatic carbocycles. The van der Waals surface area contributed by atoms with E-state index in [1.165, 1.54) is 5.57 Å². The van der Waals surface area contributed by atoms with Gasteiger partial charge in [-0.25, -0.2) is 0 Å². The Balaban J connectivity index is 1.60. The van der Waals surface area contributed by atoms with E-state index in [-0.39, 0.29) is 22.2 Å². The fourth-order valence-corrected chi connectivity index (χ4v) is 7.62. The Morgan fingerprint density at radius 1 is 1.17 bits per heavy atom. The minimum absolute atomic E-state index is 0.0270. The summed E-state index contributed by atoms with van der Waals surface area (Å²) in [7, 11) is 0. The van der Waals surface area contributed by atoms with Crippen LogP contribution in [0.2, 0.25) is 0 Å². The Labute approximate surface area is 182 Å². The van der Waals surface area contributed by atoms with E-state index < -0.39 is 5.79 Å². The van der Waals surface area contributed by atoms with Crippen LogP contribution in [0.1, 0.15) is 79.6 Å². The van der Waals surface area contributed by atoms with Crippen molar-refractivity contribution in [2.24, 2.45) is 28.1 Å². The van der Waals surface area contributed by atoms with E-state index in [0.717, 1.165) is 38.5 Å². The van der Waals surface area contributed by atoms with Gasteiger partial charge in [0.15, 0.2) is 5.79 Å². The molecule has 4 aliphatic rings. The van der Waals surface area contributed by atoms with Gasteiger partial charge in [0.05, 0.1) is 19.8 Å². The van der Waals surface area contributed by atoms with E-state index in [9.17, 15) is 4.79 Å². The van der Waals surface area contributed by atoms with Gasteiger partial charge in [0, 0.05) is 23.7 Å². The molecular formula is C26H40O4. The molecule has 0 N–H and O–H groups in total. The van der Waals surface area contributed by atoms with Crippen LogP contribution < -0.4 is 0 Å². The van der Waals surface area contributed by atoms with Crippen LogP contribution in [0.5, 0.6) is 0 Å². The standard InChI is InChI=1S/C26H40O4/c1-7-28-22(27)11-9-19-8-10-21-24(5,18(19)2)13-12-20-23(3,4)26(29-16-17-30-26)15-14-25(20,21)6/h10,19-20H,2,7-9,11-17H2,1,3-6H3/t19-,20+,24?,25?/m1/s1. The van der Waals surface area contributed by atoms with E-state index >= 15 is 0 Å². The van der Waals surface area contributed by atoms with Crippen molar-refractivity contribution in [1.82, 2.24) is 0 Å². The third kappa shape index (κ3) is 3.04. The van der Waals surface area contributed by atoms with Crippen molar-refractivity contribution in [2.45, 2.75) is 85.4 Å². The van der Waals surface area contributed by atoms with E-state index in [0.29, 0.717) is 38.1 Å². The highest BCUT2D eigenvalue weighted by atomic mass is 16.7. The summed E-state index contributed by atoms with van der Waals surface area (Å²) >= 11 is 0. The van der Waals surface area contributed by atoms with Crippen LogP contribution in [0.3, 0.4) is 0 Å². The lowest BCUT2D eigenvalue weighted by Crippen LogP contribution is -2.62. The molecule has 0 aromatic heterocycles. The molecule has 4 rings (SSSR count). The summed E-state index contributed by atoms with van der Waals surface area (Å²) in [6.45, 7) is 18.0. The molecule has 1 aliphatic heterocycles. The summed E-state index contributed by atoms with van der Waals surface area (Å²) in [5.74, 6) is 0.392. The molecule has 1 spiro atoms. The molecule has 4 atom stereocenters. The molecule has 30 heavy (non-hydrogen) atoms. The molecule has 1 saturated heterocycles. The van der Waals surface area contributed by atoms with Crippen LogP contribution in [0.15, 0.2) is 23.8 Å². The zero-order chi connectivity index (χ0) is 21.8. The fraction of sp³-hybridized carbons (Fsp3) is 0.808. The summed E-state index contributed by atoms with van der Waals surface area (Å²) in [4.78, 5) is 11.9. The second-order valence-corrected chi connectivity index (χ2v) is 10.9. The normalized spacial score (nSPS) is 39.2. The van der Waals surface area contributed by atoms with Crippen molar-refractivity contribution in [3.05, 3.63) is 23.8 Å². The Morgan fingerprint density at radius 3 is 2.53 bits per heavy atom. The fourth-order valence-electron chi connectivity index (χ4n) is 7.62. The Kier molecular flexibility index (Phi) is 5.50. The number of carbonyl (C=O) groups is 1. The van der Waals surface area contributed by atoms with Gasteiger partial charge in [-0.2, -0.15) is 0 Å². The lowest BCUT2D eigenvalue weighted by atomic mass is 9.42. The van der Waals surface area contributed by atoms with Crippen LogP contribution in [0.25, 0.3) is 0 Å². The quantitative estimate of drug-likeness (QED) is 0.428. The number of fused-ring (bicyclic) bond motifs is 3. The van der Waals surface area contributed by atoms with Crippen LogP contribution in [0.4, 0.5) is 0 Å². The number of carbonyl (C=O) groups excluding carboxylic acids is 1. The lowest BCUT2D eigenvalue weighted by Gasteiger charge is -2.65. The molecule has 1 heterocycles. The first-order valence-electron chi connectivity index (χ1n) is 11.9. The van der Waals surface area contributed by atoms with E-state index in [2.05, 4.69) is 40.3 Å². The monoisotopic (exact) mass is 416 g/mol. The molecule has 0 aromatic carbocycles. The minimum atomic E-state index is -0.417. The highest BCUT2D eigenvalue weighted by Gasteiger charge is 2.66. The first-order chi connectivity index (χ1) is 14.1. The summed E-state index contributed by atoms with van der Waals surface area (Å²) in [5, 5.41) is 0. The van der Waals surface area contributed by atoms with Crippen molar-refractivity contribution in [3.8, 4) is 0 Å². The highest BCUT2D eigenvalue weighted by molar-refractivity contribution is 5.69. The van der Waals surface area contributed by atoms with Gasteiger partial charge < -0.3 is 14.2 Å². The average molecular weight is 417 g/mol. The van der Waals surface area contributed by atoms with Crippen LogP contribution in [-0.4, -0.2) is 31.6 Å². The molecule has 4 heteroatoms. The van der Waals surface area contributed by atoms with Gasteiger partial charge in [-0.1, -0.05) is 51.5 Å². The summed E-state index contributed by atoms with van der Waals surface area (Å²) < 4.78 is 17.7. The number of hydrogen-bond donors (Lipinski definition) is 0. The van der Waals surface area contributed by atoms with Crippen molar-refractivity contribution in [1.29, 1.82) is 0 Å². The Morgan fingerprint density at radius 2 is 1.87 bits per heavy atom. The molecular weight excluding hydrogens is 376 g/mol. The topological polar surface area (TPSA) is 44.8 Å². The number of hydrogen-bond acceptors (Lipinski definition) is 4. The molecule has 4 nitrogen and oxygen atoms in total. The zero-order valence-corrected chi connectivity index (χ0v) is 19.6. The highest BCUT2D eigenvalue weighted by Crippen LogP contribution is 2.70. The van der Waals surface area contributed by atoms with Gasteiger partial charge in [0.1, 0.15) is 0 Å². The average Bonchev–Trinajstić information content (AvgIpc) is 3.17. The zero-order valence-electron chi connectivity index (χ0n) is 19.6. The van der Waals surface area contributed by atoms with Crippen molar-refractivity contribution < 1.29 is 19.0 Å². The summed E-state index contributed by atoms with van der Waals surface area (Å²) in [5.41, 5.74) is 3.06. The summed E-state index contributed by atoms with van der Waals surface area (Å²) in [6.07, 6.45) is 9.17. The smallest absolute Gasteiger partial charge is 0.305 e. The van der Waals surface area contributed by atoms with Crippen LogP contribution in [0, 0.1) is 28.1 Å². The maximum atomic E-state index is 11.9. The van der Waals surface area contributed by atoms with Gasteiger partial charge in [0.25, 0.3) is 0 Å². The van der Waals surface area contributed by atoms with Crippen LogP contribution >= 0.6 is 0 Å². The molecule has 2 saturated carbocycles. The minimum Gasteiger partial charge on any atom is -0.466 e. The Bertz CT molecular complexity index is 744. The van der Waals surface area contributed by atoms with Gasteiger partial charge in [-0.15, -0.1) is 0 Å². The third-order valence-corrected chi connectivity index (χ3v) is 9.30. The lowest BCUT2D eigenvalue weighted by molar-refractivity contribution is -0.284. The molecule has 0 radical (unpaired) electrons. The van der Waals surface area contributed by atoms with E-state index in [1.54, 1.807) is 5.57 Å². The van der Waals surface area contributed by atoms with Crippen molar-refractivity contribution in [2.75, 3.05) is 19.8 Å². The van der Waals surface area contributed by atoms with Gasteiger partial charge in [-0.05, 0) is 56.3 Å². The first-order valence-corrected chi connectivity index (χ1v) is 11.9. The molecule has 168 valence electrons. The van der Waals surface area contributed by atoms with Crippen LogP contribution in [-0.2, 0) is 19.0 Å². The first kappa shape index (κ1) is 22.1. The number of esters is 1. The van der Waals surface area contributed by atoms with Gasteiger partial charge in [-0.3, -0.25) is 4.79 Å². The van der Waals surface area contributed by atoms with Gasteiger partial charge >= 0.3 is 5.97 Å². The van der Waals surface area contributed by atoms with Gasteiger partial charge in [0.2, 0.25) is 0 Å². The SMILES string of the molecule is C=C1[C@@H](CCC(=O)OCC)CC=C2C1(C)CC[C@@H]1C2(C)CCC2(OCCO2)C1(C)C. The predicted octanol–water partition coefficient (Wildman–Crippen LogP) is 5.82. The molecule has 0 amide bonds. The van der Waals surface area contributed by atoms with Crippen molar-refractivity contribution >= 4 is 5.97 Å². The predicted molar refractivity (Wildman–Crippen MR) is 118 cm³/mol. The van der Waals surface area contributed by atoms with Crippen molar-refractivity contribution in [3.63, 3.8) is 0 Å². The summed E-state index contributed by atoms with van der Waals surface area (Å²) in [6, 6.07) is 0. The third-order valence-electron chi connectivity index (χ3n) is 9.30. The molecule has 3 fully saturated rings. The Hall–Kier alpha value is -1.13. The number of rotatable bonds is 4. The molecule has 0 aromatic rings. The maximum Gasteiger partial charge on any atom is 0.305 e. The largest absolute Gasteiger partial charge is 0.466 e. The maximum absolute atomic E-state index is 11.9. The second-order valence-electron chi connectivity index (χ2n) is 10.9. The second kappa shape index (κ2) is 7.48. The number of ether oxygens (including phenoxy) is 3. The molecule has 2 unspecified atom stereocenters.